The van der Waals surface area contributed by atoms with Crippen LogP contribution in [-0.4, -0.2) is 24.9 Å². The number of benzene rings is 2. The predicted octanol–water partition coefficient (Wildman–Crippen LogP) is 4.89. The van der Waals surface area contributed by atoms with Crippen molar-refractivity contribution in [1.82, 2.24) is 0 Å². The molecule has 31 heavy (non-hydrogen) atoms. The lowest BCUT2D eigenvalue weighted by Gasteiger charge is -2.10. The van der Waals surface area contributed by atoms with Crippen LogP contribution in [0.3, 0.4) is 0 Å². The van der Waals surface area contributed by atoms with Crippen molar-refractivity contribution in [3.63, 3.8) is 0 Å². The number of amides is 2. The van der Waals surface area contributed by atoms with E-state index in [4.69, 9.17) is 4.74 Å². The number of hydrogen-bond donors (Lipinski definition) is 2. The van der Waals surface area contributed by atoms with Crippen molar-refractivity contribution in [3.8, 4) is 0 Å². The van der Waals surface area contributed by atoms with E-state index in [-0.39, 0.29) is 23.8 Å². The first-order valence-electron chi connectivity index (χ1n) is 9.74. The highest BCUT2D eigenvalue weighted by Crippen LogP contribution is 2.34. The van der Waals surface area contributed by atoms with Crippen LogP contribution in [-0.2, 0) is 16.0 Å². The summed E-state index contributed by atoms with van der Waals surface area (Å²) in [5.41, 5.74) is 4.24. The Hall–Kier alpha value is -3.45. The third-order valence-corrected chi connectivity index (χ3v) is 6.26. The lowest BCUT2D eigenvalue weighted by molar-refractivity contribution is -0.115. The van der Waals surface area contributed by atoms with Gasteiger partial charge in [0.2, 0.25) is 5.91 Å². The number of rotatable bonds is 6. The Morgan fingerprint density at radius 3 is 2.29 bits per heavy atom. The normalized spacial score (nSPS) is 10.5. The van der Waals surface area contributed by atoms with E-state index in [1.807, 2.05) is 62.4 Å². The largest absolute Gasteiger partial charge is 0.465 e. The van der Waals surface area contributed by atoms with Gasteiger partial charge in [0.25, 0.3) is 5.91 Å². The Balaban J connectivity index is 1.89. The number of esters is 1. The van der Waals surface area contributed by atoms with Gasteiger partial charge in [-0.3, -0.25) is 9.59 Å². The highest BCUT2D eigenvalue weighted by Gasteiger charge is 2.26. The van der Waals surface area contributed by atoms with Crippen LogP contribution in [0.1, 0.15) is 42.3 Å². The van der Waals surface area contributed by atoms with Gasteiger partial charge in [0.1, 0.15) is 5.00 Å². The molecule has 1 aromatic heterocycles. The van der Waals surface area contributed by atoms with Crippen LogP contribution in [0.4, 0.5) is 10.7 Å². The van der Waals surface area contributed by atoms with Gasteiger partial charge in [-0.1, -0.05) is 42.5 Å². The van der Waals surface area contributed by atoms with Crippen LogP contribution >= 0.6 is 11.3 Å². The topological polar surface area (TPSA) is 84.5 Å². The first kappa shape index (κ1) is 22.2. The quantitative estimate of drug-likeness (QED) is 0.539. The van der Waals surface area contributed by atoms with E-state index < -0.39 is 5.97 Å². The van der Waals surface area contributed by atoms with Gasteiger partial charge in [0.15, 0.2) is 0 Å². The summed E-state index contributed by atoms with van der Waals surface area (Å²) in [7, 11) is 1.27. The van der Waals surface area contributed by atoms with Crippen molar-refractivity contribution in [2.75, 3.05) is 17.7 Å². The molecule has 1 heterocycles. The molecule has 0 atom stereocenters. The molecule has 0 bridgehead atoms. The van der Waals surface area contributed by atoms with Crippen molar-refractivity contribution in [3.05, 3.63) is 81.2 Å². The smallest absolute Gasteiger partial charge is 0.341 e. The molecule has 0 spiro atoms. The third-order valence-electron chi connectivity index (χ3n) is 5.06. The van der Waals surface area contributed by atoms with Crippen LogP contribution in [0.2, 0.25) is 0 Å². The molecule has 6 nitrogen and oxygen atoms in total. The fraction of sp³-hybridized carbons (Fsp3) is 0.208. The van der Waals surface area contributed by atoms with E-state index in [0.29, 0.717) is 21.1 Å². The van der Waals surface area contributed by atoms with Gasteiger partial charge >= 0.3 is 5.97 Å². The number of hydrogen-bond acceptors (Lipinski definition) is 5. The molecule has 0 fully saturated rings. The molecule has 0 aliphatic rings. The second kappa shape index (κ2) is 9.57. The van der Waals surface area contributed by atoms with Gasteiger partial charge in [-0.05, 0) is 49.1 Å². The molecule has 0 saturated heterocycles. The molecular formula is C24H24N2O4S. The summed E-state index contributed by atoms with van der Waals surface area (Å²) in [5.74, 6) is -1.22. The maximum absolute atomic E-state index is 13.0. The molecule has 0 saturated carbocycles. The first-order chi connectivity index (χ1) is 14.8. The SMILES string of the molecule is COC(=O)c1c(NC(=O)Cc2ccccc2)sc(C(=O)Nc2cccc(C)c2C)c1C. The minimum Gasteiger partial charge on any atom is -0.465 e. The van der Waals surface area contributed by atoms with Gasteiger partial charge in [0, 0.05) is 5.69 Å². The van der Waals surface area contributed by atoms with E-state index in [9.17, 15) is 14.4 Å². The molecule has 2 amide bonds. The number of methoxy groups -OCH3 is 1. The summed E-state index contributed by atoms with van der Waals surface area (Å²) in [6.07, 6.45) is 0.155. The van der Waals surface area contributed by atoms with Crippen LogP contribution < -0.4 is 10.6 Å². The number of anilines is 2. The van der Waals surface area contributed by atoms with E-state index in [0.717, 1.165) is 28.0 Å². The van der Waals surface area contributed by atoms with Crippen LogP contribution in [0.25, 0.3) is 0 Å². The van der Waals surface area contributed by atoms with Crippen molar-refractivity contribution in [1.29, 1.82) is 0 Å². The zero-order valence-corrected chi connectivity index (χ0v) is 18.7. The summed E-state index contributed by atoms with van der Waals surface area (Å²) < 4.78 is 4.89. The summed E-state index contributed by atoms with van der Waals surface area (Å²) in [6, 6.07) is 15.0. The maximum atomic E-state index is 13.0. The fourth-order valence-electron chi connectivity index (χ4n) is 3.18. The van der Waals surface area contributed by atoms with Gasteiger partial charge in [-0.2, -0.15) is 0 Å². The van der Waals surface area contributed by atoms with Gasteiger partial charge in [-0.15, -0.1) is 11.3 Å². The van der Waals surface area contributed by atoms with E-state index >= 15 is 0 Å². The zero-order chi connectivity index (χ0) is 22.5. The first-order valence-corrected chi connectivity index (χ1v) is 10.6. The van der Waals surface area contributed by atoms with Crippen molar-refractivity contribution >= 4 is 39.8 Å². The fourth-order valence-corrected chi connectivity index (χ4v) is 4.29. The number of carbonyl (C=O) groups excluding carboxylic acids is 3. The molecular weight excluding hydrogens is 412 g/mol. The molecule has 3 aromatic rings. The maximum Gasteiger partial charge on any atom is 0.341 e. The monoisotopic (exact) mass is 436 g/mol. The highest BCUT2D eigenvalue weighted by atomic mass is 32.1. The van der Waals surface area contributed by atoms with Crippen LogP contribution in [0.15, 0.2) is 48.5 Å². The Labute approximate surface area is 185 Å². The van der Waals surface area contributed by atoms with Crippen molar-refractivity contribution in [2.24, 2.45) is 0 Å². The molecule has 160 valence electrons. The summed E-state index contributed by atoms with van der Waals surface area (Å²) >= 11 is 1.06. The number of nitrogens with one attached hydrogen (secondary N) is 2. The average Bonchev–Trinajstić information content (AvgIpc) is 3.07. The lowest BCUT2D eigenvalue weighted by Crippen LogP contribution is -2.16. The second-order valence-electron chi connectivity index (χ2n) is 7.16. The van der Waals surface area contributed by atoms with E-state index in [1.165, 1.54) is 7.11 Å². The highest BCUT2D eigenvalue weighted by molar-refractivity contribution is 7.18. The number of ether oxygens (including phenoxy) is 1. The Morgan fingerprint density at radius 1 is 0.903 bits per heavy atom. The van der Waals surface area contributed by atoms with Gasteiger partial charge < -0.3 is 15.4 Å². The Bertz CT molecular complexity index is 1140. The number of aryl methyl sites for hydroxylation is 1. The summed E-state index contributed by atoms with van der Waals surface area (Å²) in [4.78, 5) is 38.3. The van der Waals surface area contributed by atoms with Crippen LogP contribution in [0.5, 0.6) is 0 Å². The lowest BCUT2D eigenvalue weighted by atomic mass is 10.1. The molecule has 0 aliphatic carbocycles. The molecule has 0 radical (unpaired) electrons. The number of thiophene rings is 1. The molecule has 2 aromatic carbocycles. The Kier molecular flexibility index (Phi) is 6.87. The van der Waals surface area contributed by atoms with E-state index in [2.05, 4.69) is 10.6 Å². The summed E-state index contributed by atoms with van der Waals surface area (Å²) in [6.45, 7) is 5.58. The average molecular weight is 437 g/mol. The zero-order valence-electron chi connectivity index (χ0n) is 17.9. The molecule has 3 rings (SSSR count). The second-order valence-corrected chi connectivity index (χ2v) is 8.18. The van der Waals surface area contributed by atoms with Crippen LogP contribution in [0, 0.1) is 20.8 Å². The molecule has 0 unspecified atom stereocenters. The van der Waals surface area contributed by atoms with Crippen molar-refractivity contribution in [2.45, 2.75) is 27.2 Å². The van der Waals surface area contributed by atoms with Gasteiger partial charge in [-0.25, -0.2) is 4.79 Å². The third kappa shape index (κ3) is 5.00. The molecule has 7 heteroatoms. The minimum atomic E-state index is -0.602. The van der Waals surface area contributed by atoms with Gasteiger partial charge in [0.05, 0.1) is 24.0 Å². The summed E-state index contributed by atoms with van der Waals surface area (Å²) in [5, 5.41) is 5.98. The molecule has 2 N–H and O–H groups in total. The Morgan fingerprint density at radius 2 is 1.61 bits per heavy atom. The number of carbonyl (C=O) groups is 3. The minimum absolute atomic E-state index is 0.155. The van der Waals surface area contributed by atoms with E-state index in [1.54, 1.807) is 6.92 Å². The standard InChI is InChI=1S/C24H24N2O4S/c1-14-9-8-12-18(15(14)2)25-22(28)21-16(3)20(24(29)30-4)23(31-21)26-19(27)13-17-10-6-5-7-11-17/h5-12H,13H2,1-4H3,(H,25,28)(H,26,27). The van der Waals surface area contributed by atoms with Crippen molar-refractivity contribution < 1.29 is 19.1 Å². The molecule has 0 aliphatic heterocycles. The predicted molar refractivity (Wildman–Crippen MR) is 123 cm³/mol.